The zero-order chi connectivity index (χ0) is 21.1. The molecular weight excluding hydrogens is 366 g/mol. The van der Waals surface area contributed by atoms with Crippen molar-refractivity contribution in [3.8, 4) is 0 Å². The van der Waals surface area contributed by atoms with Gasteiger partial charge in [0.05, 0.1) is 18.3 Å². The van der Waals surface area contributed by atoms with Gasteiger partial charge < -0.3 is 20.6 Å². The van der Waals surface area contributed by atoms with Crippen LogP contribution in [0.15, 0.2) is 54.6 Å². The number of benzene rings is 1. The van der Waals surface area contributed by atoms with Gasteiger partial charge in [-0.25, -0.2) is 0 Å². The molecule has 0 radical (unpaired) electrons. The van der Waals surface area contributed by atoms with E-state index in [1.807, 2.05) is 48.6 Å². The SMILES string of the molecule is CNC(=O)CCC/C=C\C[C@@H]1[C@@H](/C=C/[C@@H](O)CCc2ccccc2)[C@H](O)C[C@@H]1O. The summed E-state index contributed by atoms with van der Waals surface area (Å²) in [6.45, 7) is 0. The molecule has 5 nitrogen and oxygen atoms in total. The highest BCUT2D eigenvalue weighted by atomic mass is 16.3. The van der Waals surface area contributed by atoms with Crippen molar-refractivity contribution >= 4 is 5.91 Å². The van der Waals surface area contributed by atoms with Crippen molar-refractivity contribution in [2.75, 3.05) is 7.05 Å². The summed E-state index contributed by atoms with van der Waals surface area (Å²) in [5.41, 5.74) is 1.19. The molecule has 1 aliphatic carbocycles. The number of rotatable bonds is 11. The van der Waals surface area contributed by atoms with Crippen LogP contribution in [0.25, 0.3) is 0 Å². The number of carbonyl (C=O) groups is 1. The molecule has 4 N–H and O–H groups in total. The molecule has 2 rings (SSSR count). The molecule has 0 saturated heterocycles. The first-order valence-corrected chi connectivity index (χ1v) is 10.6. The lowest BCUT2D eigenvalue weighted by Gasteiger charge is -2.19. The highest BCUT2D eigenvalue weighted by molar-refractivity contribution is 5.75. The van der Waals surface area contributed by atoms with E-state index in [-0.39, 0.29) is 17.7 Å². The molecule has 0 aliphatic heterocycles. The Morgan fingerprint density at radius 3 is 2.69 bits per heavy atom. The van der Waals surface area contributed by atoms with E-state index in [4.69, 9.17) is 0 Å². The second kappa shape index (κ2) is 12.6. The zero-order valence-corrected chi connectivity index (χ0v) is 17.3. The summed E-state index contributed by atoms with van der Waals surface area (Å²) in [4.78, 5) is 11.2. The molecule has 1 fully saturated rings. The van der Waals surface area contributed by atoms with E-state index in [2.05, 4.69) is 5.32 Å². The Balaban J connectivity index is 1.80. The molecule has 0 spiro atoms. The van der Waals surface area contributed by atoms with Gasteiger partial charge in [0.15, 0.2) is 0 Å². The van der Waals surface area contributed by atoms with E-state index in [0.29, 0.717) is 25.7 Å². The van der Waals surface area contributed by atoms with Crippen LogP contribution < -0.4 is 5.32 Å². The van der Waals surface area contributed by atoms with Gasteiger partial charge in [-0.15, -0.1) is 0 Å². The van der Waals surface area contributed by atoms with Gasteiger partial charge >= 0.3 is 0 Å². The summed E-state index contributed by atoms with van der Waals surface area (Å²) in [7, 11) is 1.64. The minimum absolute atomic E-state index is 0.0451. The van der Waals surface area contributed by atoms with E-state index in [9.17, 15) is 20.1 Å². The fraction of sp³-hybridized carbons (Fsp3) is 0.542. The third-order valence-corrected chi connectivity index (χ3v) is 5.67. The average Bonchev–Trinajstić information content (AvgIpc) is 3.00. The maximum Gasteiger partial charge on any atom is 0.219 e. The van der Waals surface area contributed by atoms with Crippen molar-refractivity contribution in [2.24, 2.45) is 11.8 Å². The summed E-state index contributed by atoms with van der Waals surface area (Å²) >= 11 is 0. The number of allylic oxidation sites excluding steroid dienone is 2. The predicted octanol–water partition coefficient (Wildman–Crippen LogP) is 2.76. The lowest BCUT2D eigenvalue weighted by molar-refractivity contribution is -0.120. The van der Waals surface area contributed by atoms with Crippen molar-refractivity contribution in [2.45, 2.75) is 63.3 Å². The van der Waals surface area contributed by atoms with Crippen LogP contribution in [0, 0.1) is 11.8 Å². The minimum Gasteiger partial charge on any atom is -0.393 e. The molecule has 0 aromatic heterocycles. The molecule has 0 heterocycles. The smallest absolute Gasteiger partial charge is 0.219 e. The normalized spacial score (nSPS) is 25.7. The van der Waals surface area contributed by atoms with Crippen LogP contribution in [-0.4, -0.2) is 46.6 Å². The number of nitrogens with one attached hydrogen (secondary N) is 1. The summed E-state index contributed by atoms with van der Waals surface area (Å²) in [5, 5.41) is 33.5. The lowest BCUT2D eigenvalue weighted by atomic mass is 9.89. The Hall–Kier alpha value is -1.95. The number of aliphatic hydroxyl groups excluding tert-OH is 3. The molecular formula is C24H35NO4. The molecule has 1 amide bonds. The fourth-order valence-electron chi connectivity index (χ4n) is 3.90. The maximum absolute atomic E-state index is 11.2. The number of hydrogen-bond donors (Lipinski definition) is 4. The quantitative estimate of drug-likeness (QED) is 0.339. The number of aliphatic hydroxyl groups is 3. The monoisotopic (exact) mass is 401 g/mol. The summed E-state index contributed by atoms with van der Waals surface area (Å²) < 4.78 is 0. The van der Waals surface area contributed by atoms with Gasteiger partial charge in [0, 0.05) is 25.8 Å². The van der Waals surface area contributed by atoms with Gasteiger partial charge in [0.25, 0.3) is 0 Å². The highest BCUT2D eigenvalue weighted by Gasteiger charge is 2.39. The molecule has 1 saturated carbocycles. The van der Waals surface area contributed by atoms with Crippen LogP contribution in [0.2, 0.25) is 0 Å². The van der Waals surface area contributed by atoms with Gasteiger partial charge in [-0.1, -0.05) is 54.6 Å². The summed E-state index contributed by atoms with van der Waals surface area (Å²) in [6.07, 6.45) is 10.6. The summed E-state index contributed by atoms with van der Waals surface area (Å²) in [5.74, 6) is -0.173. The fourth-order valence-corrected chi connectivity index (χ4v) is 3.90. The molecule has 0 bridgehead atoms. The number of aryl methyl sites for hydroxylation is 1. The Bertz CT molecular complexity index is 658. The Kier molecular flexibility index (Phi) is 10.1. The van der Waals surface area contributed by atoms with E-state index in [1.165, 1.54) is 5.56 Å². The van der Waals surface area contributed by atoms with Gasteiger partial charge in [-0.3, -0.25) is 4.79 Å². The van der Waals surface area contributed by atoms with E-state index < -0.39 is 18.3 Å². The highest BCUT2D eigenvalue weighted by Crippen LogP contribution is 2.36. The van der Waals surface area contributed by atoms with E-state index >= 15 is 0 Å². The number of carbonyl (C=O) groups excluding carboxylic acids is 1. The van der Waals surface area contributed by atoms with Crippen LogP contribution in [0.5, 0.6) is 0 Å². The van der Waals surface area contributed by atoms with Crippen molar-refractivity contribution in [1.29, 1.82) is 0 Å². The van der Waals surface area contributed by atoms with Crippen molar-refractivity contribution < 1.29 is 20.1 Å². The standard InChI is InChI=1S/C24H35NO4/c1-25-24(29)12-8-3-2-7-11-20-21(23(28)17-22(20)27)16-15-19(26)14-13-18-9-5-4-6-10-18/h2,4-7,9-10,15-16,19-23,26-28H,3,8,11-14,17H2,1H3,(H,25,29)/b7-2-,16-15+/t19-,20+,21+,22-,23+/m0/s1. The van der Waals surface area contributed by atoms with Crippen LogP contribution in [-0.2, 0) is 11.2 Å². The average molecular weight is 402 g/mol. The summed E-state index contributed by atoms with van der Waals surface area (Å²) in [6, 6.07) is 10.0. The van der Waals surface area contributed by atoms with Gasteiger partial charge in [-0.2, -0.15) is 0 Å². The molecule has 1 aromatic rings. The second-order valence-corrected chi connectivity index (χ2v) is 7.86. The minimum atomic E-state index is -0.589. The zero-order valence-electron chi connectivity index (χ0n) is 17.3. The molecule has 5 atom stereocenters. The molecule has 29 heavy (non-hydrogen) atoms. The third-order valence-electron chi connectivity index (χ3n) is 5.67. The molecule has 1 aromatic carbocycles. The molecule has 5 heteroatoms. The first kappa shape index (κ1) is 23.3. The molecule has 160 valence electrons. The Labute approximate surface area is 174 Å². The molecule has 1 aliphatic rings. The van der Waals surface area contributed by atoms with Gasteiger partial charge in [0.2, 0.25) is 5.91 Å². The van der Waals surface area contributed by atoms with Crippen molar-refractivity contribution in [1.82, 2.24) is 5.32 Å². The van der Waals surface area contributed by atoms with Gasteiger partial charge in [0.1, 0.15) is 0 Å². The topological polar surface area (TPSA) is 89.8 Å². The second-order valence-electron chi connectivity index (χ2n) is 7.86. The van der Waals surface area contributed by atoms with E-state index in [1.54, 1.807) is 13.1 Å². The number of unbranched alkanes of at least 4 members (excludes halogenated alkanes) is 1. The predicted molar refractivity (Wildman–Crippen MR) is 115 cm³/mol. The van der Waals surface area contributed by atoms with Crippen LogP contribution in [0.1, 0.15) is 44.1 Å². The van der Waals surface area contributed by atoms with Crippen LogP contribution >= 0.6 is 0 Å². The maximum atomic E-state index is 11.2. The third kappa shape index (κ3) is 8.13. The number of hydrogen-bond acceptors (Lipinski definition) is 4. The van der Waals surface area contributed by atoms with Crippen LogP contribution in [0.4, 0.5) is 0 Å². The van der Waals surface area contributed by atoms with Crippen molar-refractivity contribution in [3.05, 3.63) is 60.2 Å². The first-order valence-electron chi connectivity index (χ1n) is 10.6. The Morgan fingerprint density at radius 2 is 1.97 bits per heavy atom. The molecule has 0 unspecified atom stereocenters. The van der Waals surface area contributed by atoms with Crippen LogP contribution in [0.3, 0.4) is 0 Å². The largest absolute Gasteiger partial charge is 0.393 e. The Morgan fingerprint density at radius 1 is 1.21 bits per heavy atom. The lowest BCUT2D eigenvalue weighted by Crippen LogP contribution is -2.20. The first-order chi connectivity index (χ1) is 14.0. The van der Waals surface area contributed by atoms with E-state index in [0.717, 1.165) is 19.3 Å². The van der Waals surface area contributed by atoms with Crippen molar-refractivity contribution in [3.63, 3.8) is 0 Å². The van der Waals surface area contributed by atoms with Gasteiger partial charge in [-0.05, 0) is 43.6 Å². The number of amides is 1.